The van der Waals surface area contributed by atoms with Gasteiger partial charge in [0.2, 0.25) is 0 Å². The molecule has 0 radical (unpaired) electrons. The standard InChI is InChI=1S/C10H15FN2O4S2/c1-7-10(6-19(11,16)17)8(2)13(12-7)9-3-4-18(14,15)5-9/h9H,3-6H2,1-2H3. The highest BCUT2D eigenvalue weighted by atomic mass is 32.3. The first kappa shape index (κ1) is 14.4. The molecule has 0 saturated carbocycles. The minimum atomic E-state index is -4.63. The van der Waals surface area contributed by atoms with Crippen molar-refractivity contribution in [3.8, 4) is 0 Å². The van der Waals surface area contributed by atoms with Crippen LogP contribution in [0.25, 0.3) is 0 Å². The normalized spacial score (nSPS) is 22.8. The molecule has 9 heteroatoms. The zero-order valence-corrected chi connectivity index (χ0v) is 12.3. The molecule has 1 saturated heterocycles. The topological polar surface area (TPSA) is 86.1 Å². The van der Waals surface area contributed by atoms with E-state index in [2.05, 4.69) is 5.10 Å². The highest BCUT2D eigenvalue weighted by Crippen LogP contribution is 2.27. The van der Waals surface area contributed by atoms with E-state index in [1.54, 1.807) is 13.8 Å². The Hall–Kier alpha value is -0.960. The van der Waals surface area contributed by atoms with E-state index in [-0.39, 0.29) is 17.5 Å². The zero-order chi connectivity index (χ0) is 14.4. The molecule has 0 aromatic carbocycles. The number of aryl methyl sites for hydroxylation is 1. The lowest BCUT2D eigenvalue weighted by molar-refractivity contribution is 0.485. The number of rotatable bonds is 3. The largest absolute Gasteiger partial charge is 0.306 e. The first-order chi connectivity index (χ1) is 8.59. The summed E-state index contributed by atoms with van der Waals surface area (Å²) in [6.07, 6.45) is 0.451. The quantitative estimate of drug-likeness (QED) is 0.766. The molecule has 1 unspecified atom stereocenters. The van der Waals surface area contributed by atoms with E-state index in [1.807, 2.05) is 0 Å². The molecule has 0 N–H and O–H groups in total. The van der Waals surface area contributed by atoms with Gasteiger partial charge in [0.25, 0.3) is 0 Å². The van der Waals surface area contributed by atoms with E-state index in [9.17, 15) is 20.7 Å². The molecule has 2 rings (SSSR count). The average molecular weight is 310 g/mol. The molecule has 1 aromatic heterocycles. The molecule has 0 amide bonds. The second-order valence-electron chi connectivity index (χ2n) is 4.83. The summed E-state index contributed by atoms with van der Waals surface area (Å²) in [5, 5.41) is 4.16. The molecule has 1 aliphatic rings. The van der Waals surface area contributed by atoms with Gasteiger partial charge in [0.05, 0.1) is 23.2 Å². The van der Waals surface area contributed by atoms with Crippen LogP contribution in [0.4, 0.5) is 3.89 Å². The van der Waals surface area contributed by atoms with E-state index in [4.69, 9.17) is 0 Å². The van der Waals surface area contributed by atoms with E-state index in [0.29, 0.717) is 23.4 Å². The van der Waals surface area contributed by atoms with Crippen molar-refractivity contribution in [1.29, 1.82) is 0 Å². The molecule has 1 fully saturated rings. The van der Waals surface area contributed by atoms with Crippen LogP contribution in [0.1, 0.15) is 29.4 Å². The molecule has 19 heavy (non-hydrogen) atoms. The first-order valence-electron chi connectivity index (χ1n) is 5.76. The molecular weight excluding hydrogens is 295 g/mol. The maximum absolute atomic E-state index is 12.8. The number of hydrogen-bond donors (Lipinski definition) is 0. The third-order valence-electron chi connectivity index (χ3n) is 3.35. The van der Waals surface area contributed by atoms with Crippen LogP contribution in [0.15, 0.2) is 0 Å². The van der Waals surface area contributed by atoms with Gasteiger partial charge in [0.15, 0.2) is 9.84 Å². The lowest BCUT2D eigenvalue weighted by atomic mass is 10.2. The lowest BCUT2D eigenvalue weighted by Crippen LogP contribution is -2.14. The Kier molecular flexibility index (Phi) is 3.46. The van der Waals surface area contributed by atoms with Crippen LogP contribution in [-0.4, -0.2) is 38.1 Å². The van der Waals surface area contributed by atoms with Gasteiger partial charge in [-0.25, -0.2) is 8.42 Å². The number of nitrogens with zero attached hydrogens (tertiary/aromatic N) is 2. The molecule has 2 heterocycles. The fourth-order valence-corrected chi connectivity index (χ4v) is 4.86. The average Bonchev–Trinajstić information content (AvgIpc) is 2.71. The van der Waals surface area contributed by atoms with Gasteiger partial charge in [-0.2, -0.15) is 13.5 Å². The van der Waals surface area contributed by atoms with Crippen molar-refractivity contribution in [1.82, 2.24) is 9.78 Å². The van der Waals surface area contributed by atoms with Gasteiger partial charge < -0.3 is 0 Å². The maximum atomic E-state index is 12.8. The highest BCUT2D eigenvalue weighted by Gasteiger charge is 2.32. The van der Waals surface area contributed by atoms with Gasteiger partial charge in [0.1, 0.15) is 5.75 Å². The Labute approximate surface area is 111 Å². The van der Waals surface area contributed by atoms with Crippen molar-refractivity contribution >= 4 is 20.1 Å². The Morgan fingerprint density at radius 1 is 1.42 bits per heavy atom. The molecule has 1 aliphatic heterocycles. The summed E-state index contributed by atoms with van der Waals surface area (Å²) < 4.78 is 58.7. The molecule has 6 nitrogen and oxygen atoms in total. The Bertz CT molecular complexity index is 706. The first-order valence-corrected chi connectivity index (χ1v) is 9.14. The van der Waals surface area contributed by atoms with Crippen LogP contribution in [0, 0.1) is 13.8 Å². The van der Waals surface area contributed by atoms with Crippen LogP contribution in [0.3, 0.4) is 0 Å². The van der Waals surface area contributed by atoms with Crippen molar-refractivity contribution in [2.75, 3.05) is 11.5 Å². The van der Waals surface area contributed by atoms with Gasteiger partial charge in [-0.3, -0.25) is 4.68 Å². The summed E-state index contributed by atoms with van der Waals surface area (Å²) in [5.74, 6) is -0.617. The van der Waals surface area contributed by atoms with E-state index < -0.39 is 25.8 Å². The van der Waals surface area contributed by atoms with Gasteiger partial charge in [-0.05, 0) is 20.3 Å². The highest BCUT2D eigenvalue weighted by molar-refractivity contribution is 7.91. The summed E-state index contributed by atoms with van der Waals surface area (Å²) in [5.41, 5.74) is 1.25. The summed E-state index contributed by atoms with van der Waals surface area (Å²) in [4.78, 5) is 0. The van der Waals surface area contributed by atoms with Crippen molar-refractivity contribution < 1.29 is 20.7 Å². The van der Waals surface area contributed by atoms with Crippen molar-refractivity contribution in [2.24, 2.45) is 0 Å². The smallest absolute Gasteiger partial charge is 0.265 e. The fourth-order valence-electron chi connectivity index (χ4n) is 2.40. The van der Waals surface area contributed by atoms with Crippen molar-refractivity contribution in [2.45, 2.75) is 32.1 Å². The molecule has 1 aromatic rings. The SMILES string of the molecule is Cc1nn(C2CCS(=O)(=O)C2)c(C)c1CS(=O)(=O)F. The maximum Gasteiger partial charge on any atom is 0.306 e. The van der Waals surface area contributed by atoms with Crippen LogP contribution in [0.5, 0.6) is 0 Å². The minimum absolute atomic E-state index is 0.00320. The van der Waals surface area contributed by atoms with Crippen molar-refractivity contribution in [3.63, 3.8) is 0 Å². The van der Waals surface area contributed by atoms with Crippen LogP contribution in [0.2, 0.25) is 0 Å². The van der Waals surface area contributed by atoms with Crippen molar-refractivity contribution in [3.05, 3.63) is 17.0 Å². The second-order valence-corrected chi connectivity index (χ2v) is 8.43. The Morgan fingerprint density at radius 3 is 2.53 bits per heavy atom. The molecule has 0 spiro atoms. The number of halogens is 1. The summed E-state index contributed by atoms with van der Waals surface area (Å²) >= 11 is 0. The van der Waals surface area contributed by atoms with Crippen LogP contribution in [-0.2, 0) is 25.8 Å². The van der Waals surface area contributed by atoms with E-state index in [0.717, 1.165) is 0 Å². The molecule has 0 bridgehead atoms. The van der Waals surface area contributed by atoms with Gasteiger partial charge >= 0.3 is 10.2 Å². The predicted molar refractivity (Wildman–Crippen MR) is 67.7 cm³/mol. The molecule has 0 aliphatic carbocycles. The van der Waals surface area contributed by atoms with Gasteiger partial charge in [-0.1, -0.05) is 0 Å². The minimum Gasteiger partial charge on any atom is -0.265 e. The second kappa shape index (κ2) is 4.55. The van der Waals surface area contributed by atoms with Crippen LogP contribution < -0.4 is 0 Å². The van der Waals surface area contributed by atoms with E-state index >= 15 is 0 Å². The third-order valence-corrected chi connectivity index (χ3v) is 5.73. The Morgan fingerprint density at radius 2 is 2.05 bits per heavy atom. The van der Waals surface area contributed by atoms with E-state index in [1.165, 1.54) is 4.68 Å². The lowest BCUT2D eigenvalue weighted by Gasteiger charge is -2.11. The monoisotopic (exact) mass is 310 g/mol. The van der Waals surface area contributed by atoms with Crippen LogP contribution >= 0.6 is 0 Å². The summed E-state index contributed by atoms with van der Waals surface area (Å²) in [7, 11) is -7.68. The third kappa shape index (κ3) is 3.14. The molecular formula is C10H15FN2O4S2. The molecule has 1 atom stereocenters. The summed E-state index contributed by atoms with van der Waals surface area (Å²) in [6, 6.07) is -0.292. The number of hydrogen-bond acceptors (Lipinski definition) is 5. The van der Waals surface area contributed by atoms with Gasteiger partial charge in [-0.15, -0.1) is 3.89 Å². The number of aromatic nitrogens is 2. The number of sulfone groups is 1. The molecule has 108 valence electrons. The Balaban J connectivity index is 2.37. The fraction of sp³-hybridized carbons (Fsp3) is 0.700. The summed E-state index contributed by atoms with van der Waals surface area (Å²) in [6.45, 7) is 3.22. The zero-order valence-electron chi connectivity index (χ0n) is 10.6. The van der Waals surface area contributed by atoms with Gasteiger partial charge in [0, 0.05) is 11.3 Å². The predicted octanol–water partition coefficient (Wildman–Crippen LogP) is 0.659.